The number of ether oxygens (including phenoxy) is 2. The maximum atomic E-state index is 12.2. The van der Waals surface area contributed by atoms with Gasteiger partial charge in [0.2, 0.25) is 0 Å². The van der Waals surface area contributed by atoms with Gasteiger partial charge in [0.25, 0.3) is 5.91 Å². The molecule has 0 bridgehead atoms. The Morgan fingerprint density at radius 3 is 2.31 bits per heavy atom. The SMILES string of the molecule is CCCCOc1ccc(C(=O)NC(=S)NCc2ccc(OC)cc2)cc1. The van der Waals surface area contributed by atoms with Crippen LogP contribution in [0.1, 0.15) is 35.7 Å². The molecule has 0 atom stereocenters. The lowest BCUT2D eigenvalue weighted by atomic mass is 10.2. The maximum Gasteiger partial charge on any atom is 0.257 e. The third-order valence-corrected chi connectivity index (χ3v) is 3.97. The first-order valence-electron chi connectivity index (χ1n) is 8.57. The highest BCUT2D eigenvalue weighted by Crippen LogP contribution is 2.13. The number of hydrogen-bond donors (Lipinski definition) is 2. The Kier molecular flexibility index (Phi) is 7.89. The van der Waals surface area contributed by atoms with E-state index < -0.39 is 0 Å². The molecule has 6 heteroatoms. The van der Waals surface area contributed by atoms with Crippen LogP contribution in [0.2, 0.25) is 0 Å². The third kappa shape index (κ3) is 6.37. The van der Waals surface area contributed by atoms with Crippen molar-refractivity contribution in [1.82, 2.24) is 10.6 Å². The first kappa shape index (κ1) is 19.7. The van der Waals surface area contributed by atoms with Crippen LogP contribution in [0.15, 0.2) is 48.5 Å². The second-order valence-corrected chi connectivity index (χ2v) is 6.12. The third-order valence-electron chi connectivity index (χ3n) is 3.72. The number of carbonyl (C=O) groups is 1. The second kappa shape index (κ2) is 10.4. The summed E-state index contributed by atoms with van der Waals surface area (Å²) in [7, 11) is 1.63. The van der Waals surface area contributed by atoms with E-state index in [1.165, 1.54) is 0 Å². The van der Waals surface area contributed by atoms with E-state index in [1.54, 1.807) is 31.4 Å². The van der Waals surface area contributed by atoms with Crippen molar-refractivity contribution in [3.63, 3.8) is 0 Å². The van der Waals surface area contributed by atoms with E-state index in [-0.39, 0.29) is 11.0 Å². The minimum Gasteiger partial charge on any atom is -0.497 e. The predicted octanol–water partition coefficient (Wildman–Crippen LogP) is 3.68. The number of unbranched alkanes of at least 4 members (excludes halogenated alkanes) is 1. The van der Waals surface area contributed by atoms with Crippen molar-refractivity contribution in [2.45, 2.75) is 26.3 Å². The molecule has 1 amide bonds. The molecule has 26 heavy (non-hydrogen) atoms. The molecule has 2 N–H and O–H groups in total. The zero-order valence-electron chi connectivity index (χ0n) is 15.1. The Balaban J connectivity index is 1.79. The summed E-state index contributed by atoms with van der Waals surface area (Å²) < 4.78 is 10.7. The van der Waals surface area contributed by atoms with Crippen molar-refractivity contribution in [1.29, 1.82) is 0 Å². The van der Waals surface area contributed by atoms with Gasteiger partial charge in [-0.15, -0.1) is 0 Å². The van der Waals surface area contributed by atoms with E-state index >= 15 is 0 Å². The van der Waals surface area contributed by atoms with Gasteiger partial charge in [-0.25, -0.2) is 0 Å². The number of methoxy groups -OCH3 is 1. The molecule has 0 saturated heterocycles. The van der Waals surface area contributed by atoms with Gasteiger partial charge < -0.3 is 14.8 Å². The second-order valence-electron chi connectivity index (χ2n) is 5.71. The number of benzene rings is 2. The van der Waals surface area contributed by atoms with Crippen LogP contribution < -0.4 is 20.1 Å². The molecule has 0 aliphatic heterocycles. The van der Waals surface area contributed by atoms with Crippen molar-refractivity contribution < 1.29 is 14.3 Å². The topological polar surface area (TPSA) is 59.6 Å². The van der Waals surface area contributed by atoms with Crippen LogP contribution in [0.25, 0.3) is 0 Å². The lowest BCUT2D eigenvalue weighted by Gasteiger charge is -2.10. The molecule has 2 aromatic rings. The smallest absolute Gasteiger partial charge is 0.257 e. The Morgan fingerprint density at radius 2 is 1.69 bits per heavy atom. The number of carbonyl (C=O) groups excluding carboxylic acids is 1. The van der Waals surface area contributed by atoms with Crippen LogP contribution in [0.3, 0.4) is 0 Å². The molecule has 0 heterocycles. The minimum atomic E-state index is -0.252. The highest BCUT2D eigenvalue weighted by molar-refractivity contribution is 7.80. The fraction of sp³-hybridized carbons (Fsp3) is 0.300. The van der Waals surface area contributed by atoms with E-state index in [2.05, 4.69) is 17.6 Å². The Hall–Kier alpha value is -2.60. The van der Waals surface area contributed by atoms with Crippen molar-refractivity contribution in [2.24, 2.45) is 0 Å². The first-order valence-corrected chi connectivity index (χ1v) is 8.98. The highest BCUT2D eigenvalue weighted by Gasteiger charge is 2.08. The Morgan fingerprint density at radius 1 is 1.04 bits per heavy atom. The van der Waals surface area contributed by atoms with Gasteiger partial charge in [-0.05, 0) is 60.6 Å². The van der Waals surface area contributed by atoms with Gasteiger partial charge in [0.05, 0.1) is 13.7 Å². The lowest BCUT2D eigenvalue weighted by Crippen LogP contribution is -2.38. The summed E-state index contributed by atoms with van der Waals surface area (Å²) in [6.07, 6.45) is 2.10. The van der Waals surface area contributed by atoms with Crippen molar-refractivity contribution in [2.75, 3.05) is 13.7 Å². The predicted molar refractivity (Wildman–Crippen MR) is 107 cm³/mol. The summed E-state index contributed by atoms with van der Waals surface area (Å²) in [5.74, 6) is 1.30. The van der Waals surface area contributed by atoms with Crippen LogP contribution in [-0.2, 0) is 6.54 Å². The summed E-state index contributed by atoms with van der Waals surface area (Å²) in [5, 5.41) is 5.98. The van der Waals surface area contributed by atoms with Gasteiger partial charge in [-0.3, -0.25) is 10.1 Å². The molecule has 2 aromatic carbocycles. The number of thiocarbonyl (C=S) groups is 1. The molecule has 0 fully saturated rings. The summed E-state index contributed by atoms with van der Waals surface area (Å²) in [5.41, 5.74) is 1.57. The number of nitrogens with one attached hydrogen (secondary N) is 2. The molecule has 0 saturated carbocycles. The maximum absolute atomic E-state index is 12.2. The van der Waals surface area contributed by atoms with Gasteiger partial charge in [-0.2, -0.15) is 0 Å². The summed E-state index contributed by atoms with van der Waals surface area (Å²) in [6.45, 7) is 3.32. The van der Waals surface area contributed by atoms with Gasteiger partial charge in [0.1, 0.15) is 11.5 Å². The molecule has 0 unspecified atom stereocenters. The lowest BCUT2D eigenvalue weighted by molar-refractivity contribution is 0.0976. The number of amides is 1. The van der Waals surface area contributed by atoms with Crippen molar-refractivity contribution in [3.8, 4) is 11.5 Å². The number of hydrogen-bond acceptors (Lipinski definition) is 4. The fourth-order valence-corrected chi connectivity index (χ4v) is 2.35. The van der Waals surface area contributed by atoms with Gasteiger partial charge >= 0.3 is 0 Å². The zero-order chi connectivity index (χ0) is 18.8. The summed E-state index contributed by atoms with van der Waals surface area (Å²) in [6, 6.07) is 14.7. The van der Waals surface area contributed by atoms with E-state index in [1.807, 2.05) is 24.3 Å². The molecule has 0 aliphatic rings. The molecule has 138 valence electrons. The van der Waals surface area contributed by atoms with Crippen LogP contribution in [0.5, 0.6) is 11.5 Å². The quantitative estimate of drug-likeness (QED) is 0.547. The highest BCUT2D eigenvalue weighted by atomic mass is 32.1. The summed E-state index contributed by atoms with van der Waals surface area (Å²) >= 11 is 5.18. The van der Waals surface area contributed by atoms with Gasteiger partial charge in [0.15, 0.2) is 5.11 Å². The molecule has 0 spiro atoms. The Labute approximate surface area is 159 Å². The average molecular weight is 372 g/mol. The van der Waals surface area contributed by atoms with Gasteiger partial charge in [-0.1, -0.05) is 25.5 Å². The fourth-order valence-electron chi connectivity index (χ4n) is 2.18. The van der Waals surface area contributed by atoms with E-state index in [0.717, 1.165) is 29.9 Å². The first-order chi connectivity index (χ1) is 12.6. The standard InChI is InChI=1S/C20H24N2O3S/c1-3-4-13-25-18-11-7-16(8-12-18)19(23)22-20(26)21-14-15-5-9-17(24-2)10-6-15/h5-12H,3-4,13-14H2,1-2H3,(H2,21,22,23,26). The molecule has 0 radical (unpaired) electrons. The summed E-state index contributed by atoms with van der Waals surface area (Å²) in [4.78, 5) is 12.2. The normalized spacial score (nSPS) is 10.1. The largest absolute Gasteiger partial charge is 0.497 e. The molecule has 0 aliphatic carbocycles. The van der Waals surface area contributed by atoms with E-state index in [9.17, 15) is 4.79 Å². The van der Waals surface area contributed by atoms with Crippen LogP contribution in [-0.4, -0.2) is 24.7 Å². The van der Waals surface area contributed by atoms with Crippen LogP contribution >= 0.6 is 12.2 Å². The molecular weight excluding hydrogens is 348 g/mol. The van der Waals surface area contributed by atoms with Crippen LogP contribution in [0.4, 0.5) is 0 Å². The number of rotatable bonds is 8. The zero-order valence-corrected chi connectivity index (χ0v) is 15.9. The van der Waals surface area contributed by atoms with Crippen LogP contribution in [0, 0.1) is 0 Å². The van der Waals surface area contributed by atoms with E-state index in [4.69, 9.17) is 21.7 Å². The monoisotopic (exact) mass is 372 g/mol. The van der Waals surface area contributed by atoms with E-state index in [0.29, 0.717) is 18.7 Å². The molecule has 0 aromatic heterocycles. The Bertz CT molecular complexity index is 715. The average Bonchev–Trinajstić information content (AvgIpc) is 2.67. The molecule has 2 rings (SSSR count). The van der Waals surface area contributed by atoms with Gasteiger partial charge in [0, 0.05) is 12.1 Å². The van der Waals surface area contributed by atoms with Crippen molar-refractivity contribution >= 4 is 23.2 Å². The molecular formula is C20H24N2O3S. The van der Waals surface area contributed by atoms with Crippen molar-refractivity contribution in [3.05, 3.63) is 59.7 Å². The minimum absolute atomic E-state index is 0.252. The molecule has 5 nitrogen and oxygen atoms in total.